The predicted octanol–water partition coefficient (Wildman–Crippen LogP) is 19.0. The van der Waals surface area contributed by atoms with Gasteiger partial charge in [0, 0.05) is 44.6 Å². The molecule has 85 heavy (non-hydrogen) atoms. The number of ether oxygens (including phenoxy) is 1. The van der Waals surface area contributed by atoms with E-state index in [0.717, 1.165) is 105 Å². The minimum atomic E-state index is -0.00127. The number of hydrogen-bond acceptors (Lipinski definition) is 3. The molecule has 0 saturated heterocycles. The highest BCUT2D eigenvalue weighted by Gasteiger charge is 2.37. The van der Waals surface area contributed by atoms with E-state index in [-0.39, 0.29) is 11.6 Å². The maximum absolute atomic E-state index is 15.5. The molecule has 0 fully saturated rings. The van der Waals surface area contributed by atoms with Crippen LogP contribution in [0.25, 0.3) is 44.6 Å². The Hall–Kier alpha value is -10.5. The molecule has 3 heteroatoms. The van der Waals surface area contributed by atoms with Gasteiger partial charge in [0.25, 0.3) is 0 Å². The first-order chi connectivity index (χ1) is 42.0. The van der Waals surface area contributed by atoms with E-state index < -0.39 is 0 Å². The summed E-state index contributed by atoms with van der Waals surface area (Å²) in [6.45, 7) is 0. The molecule has 0 aliphatic heterocycles. The number of allylic oxidation sites excluding steroid dienone is 8. The van der Waals surface area contributed by atoms with Crippen LogP contribution in [0.5, 0.6) is 11.5 Å². The van der Waals surface area contributed by atoms with Crippen LogP contribution in [-0.2, 0) is 48.1 Å². The van der Waals surface area contributed by atoms with E-state index in [1.807, 2.05) is 133 Å². The van der Waals surface area contributed by atoms with Crippen LogP contribution >= 0.6 is 0 Å². The van der Waals surface area contributed by atoms with Crippen LogP contribution in [0.1, 0.15) is 77.9 Å². The van der Waals surface area contributed by atoms with Crippen molar-refractivity contribution in [3.05, 3.63) is 381 Å². The Labute approximate surface area is 499 Å². The summed E-state index contributed by atoms with van der Waals surface area (Å²) in [6, 6.07) is 104. The topological polar surface area (TPSA) is 43.4 Å². The molecule has 0 bridgehead atoms. The predicted molar refractivity (Wildman–Crippen MR) is 350 cm³/mol. The van der Waals surface area contributed by atoms with Crippen LogP contribution in [0.4, 0.5) is 0 Å². The molecule has 408 valence electrons. The van der Waals surface area contributed by atoms with Crippen molar-refractivity contribution in [2.24, 2.45) is 0 Å². The van der Waals surface area contributed by atoms with Crippen molar-refractivity contribution < 1.29 is 14.3 Å². The van der Waals surface area contributed by atoms with E-state index in [2.05, 4.69) is 170 Å². The number of ketones is 2. The monoisotopic (exact) mass is 1090 g/mol. The van der Waals surface area contributed by atoms with Crippen LogP contribution in [-0.4, -0.2) is 11.6 Å². The standard InChI is InChI=1S/C82H62O3/c83-81-77(63-28-14-4-15-29-63)73(67-44-42-60(43-45-67)37-36-57-22-8-1-9-23-57)74(78(81)64-30-16-5-17-31-64)68-46-50-71(51-47-68)85-72-52-48-69(49-53-72)75-76(80(66-34-20-7-21-35-66)82(84)79(75)65-32-18-6-19-33-65)70-55-61(40-38-58-24-10-2-11-25-58)54-62(56-70)41-39-59-26-12-3-13-27-59/h1-35,42-56H,36-41H2. The lowest BCUT2D eigenvalue weighted by Gasteiger charge is -2.17. The second-order valence-corrected chi connectivity index (χ2v) is 22.0. The van der Waals surface area contributed by atoms with E-state index in [1.165, 1.54) is 33.4 Å². The minimum Gasteiger partial charge on any atom is -0.457 e. The number of carbonyl (C=O) groups excluding carboxylic acids is 2. The molecule has 2 aliphatic rings. The maximum Gasteiger partial charge on any atom is 0.195 e. The normalized spacial score (nSPS) is 13.3. The molecule has 13 rings (SSSR count). The average Bonchev–Trinajstić information content (AvgIpc) is 1.92. The molecule has 2 aliphatic carbocycles. The average molecular weight is 1100 g/mol. The van der Waals surface area contributed by atoms with E-state index in [0.29, 0.717) is 33.8 Å². The summed E-state index contributed by atoms with van der Waals surface area (Å²) in [5.74, 6) is 1.31. The third-order valence-electron chi connectivity index (χ3n) is 16.4. The molecular formula is C82H62O3. The minimum absolute atomic E-state index is 0.00127. The number of benzene rings is 11. The van der Waals surface area contributed by atoms with Crippen molar-refractivity contribution in [1.82, 2.24) is 0 Å². The number of Topliss-reactive ketones (excluding diaryl/α,β-unsaturated/α-hetero) is 2. The number of aryl methyl sites for hydroxylation is 6. The molecule has 11 aromatic rings. The van der Waals surface area contributed by atoms with Gasteiger partial charge in [-0.25, -0.2) is 0 Å². The van der Waals surface area contributed by atoms with Crippen molar-refractivity contribution in [3.8, 4) is 11.5 Å². The second-order valence-electron chi connectivity index (χ2n) is 22.0. The second kappa shape index (κ2) is 24.9. The van der Waals surface area contributed by atoms with E-state index >= 15 is 9.59 Å². The van der Waals surface area contributed by atoms with Crippen molar-refractivity contribution >= 4 is 56.2 Å². The first kappa shape index (κ1) is 53.8. The van der Waals surface area contributed by atoms with Gasteiger partial charge in [0.05, 0.1) is 0 Å². The molecule has 0 heterocycles. The highest BCUT2D eigenvalue weighted by Crippen LogP contribution is 2.52. The summed E-state index contributed by atoms with van der Waals surface area (Å²) < 4.78 is 6.72. The molecule has 0 atom stereocenters. The summed E-state index contributed by atoms with van der Waals surface area (Å²) in [6.07, 6.45) is 5.38. The third kappa shape index (κ3) is 11.8. The molecule has 0 saturated carbocycles. The van der Waals surface area contributed by atoms with Gasteiger partial charge >= 0.3 is 0 Å². The highest BCUT2D eigenvalue weighted by atomic mass is 16.5. The van der Waals surface area contributed by atoms with Crippen LogP contribution in [0.2, 0.25) is 0 Å². The zero-order chi connectivity index (χ0) is 57.3. The molecule has 0 radical (unpaired) electrons. The van der Waals surface area contributed by atoms with Gasteiger partial charge in [-0.15, -0.1) is 0 Å². The van der Waals surface area contributed by atoms with Gasteiger partial charge in [-0.3, -0.25) is 9.59 Å². The van der Waals surface area contributed by atoms with Gasteiger partial charge < -0.3 is 4.74 Å². The smallest absolute Gasteiger partial charge is 0.195 e. The fraction of sp³-hybridized carbons (Fsp3) is 0.0732. The van der Waals surface area contributed by atoms with E-state index in [4.69, 9.17) is 4.74 Å². The summed E-state index contributed by atoms with van der Waals surface area (Å²) in [4.78, 5) is 30.7. The maximum atomic E-state index is 15.5. The third-order valence-corrected chi connectivity index (χ3v) is 16.4. The molecule has 0 amide bonds. The summed E-state index contributed by atoms with van der Waals surface area (Å²) in [5, 5.41) is 0. The fourth-order valence-electron chi connectivity index (χ4n) is 12.2. The summed E-state index contributed by atoms with van der Waals surface area (Å²) in [7, 11) is 0. The molecule has 0 N–H and O–H groups in total. The van der Waals surface area contributed by atoms with Crippen molar-refractivity contribution in [2.75, 3.05) is 0 Å². The molecule has 0 spiro atoms. The van der Waals surface area contributed by atoms with Gasteiger partial charge in [0.15, 0.2) is 11.6 Å². The van der Waals surface area contributed by atoms with Gasteiger partial charge in [0.1, 0.15) is 11.5 Å². The Morgan fingerprint density at radius 3 is 0.706 bits per heavy atom. The zero-order valence-corrected chi connectivity index (χ0v) is 47.3. The Balaban J connectivity index is 0.864. The quantitative estimate of drug-likeness (QED) is 0.0810. The Morgan fingerprint density at radius 1 is 0.188 bits per heavy atom. The first-order valence-corrected chi connectivity index (χ1v) is 29.5. The van der Waals surface area contributed by atoms with E-state index in [1.54, 1.807) is 0 Å². The summed E-state index contributed by atoms with van der Waals surface area (Å²) in [5.41, 5.74) is 21.3. The zero-order valence-electron chi connectivity index (χ0n) is 47.3. The van der Waals surface area contributed by atoms with Crippen molar-refractivity contribution in [3.63, 3.8) is 0 Å². The molecule has 3 nitrogen and oxygen atoms in total. The SMILES string of the molecule is O=C1C(c2ccccc2)=C(c2ccc(CCc3ccccc3)cc2)C(c2ccc(Oc3ccc(C4=C(c5ccccc5)C(=O)C(c5ccccc5)=C4c4cc(CCc5ccccc5)cc(CCc5ccccc5)c4)cc3)cc2)=C1c1ccccc1. The van der Waals surface area contributed by atoms with Gasteiger partial charge in [-0.1, -0.05) is 279 Å². The van der Waals surface area contributed by atoms with Crippen LogP contribution in [0.15, 0.2) is 303 Å². The fourth-order valence-corrected chi connectivity index (χ4v) is 12.2. The van der Waals surface area contributed by atoms with Gasteiger partial charge in [0.2, 0.25) is 0 Å². The Morgan fingerprint density at radius 2 is 0.412 bits per heavy atom. The van der Waals surface area contributed by atoms with Gasteiger partial charge in [-0.05, 0) is 141 Å². The Bertz CT molecular complexity index is 4230. The summed E-state index contributed by atoms with van der Waals surface area (Å²) >= 11 is 0. The molecular weight excluding hydrogens is 1030 g/mol. The lowest BCUT2D eigenvalue weighted by atomic mass is 9.86. The molecule has 11 aromatic carbocycles. The number of rotatable bonds is 19. The first-order valence-electron chi connectivity index (χ1n) is 29.5. The molecule has 0 aromatic heterocycles. The lowest BCUT2D eigenvalue weighted by Crippen LogP contribution is -2.02. The van der Waals surface area contributed by atoms with Crippen molar-refractivity contribution in [1.29, 1.82) is 0 Å². The highest BCUT2D eigenvalue weighted by molar-refractivity contribution is 6.60. The largest absolute Gasteiger partial charge is 0.457 e. The van der Waals surface area contributed by atoms with Crippen LogP contribution in [0, 0.1) is 0 Å². The number of carbonyl (C=O) groups is 2. The van der Waals surface area contributed by atoms with E-state index in [9.17, 15) is 0 Å². The lowest BCUT2D eigenvalue weighted by molar-refractivity contribution is -0.109. The Kier molecular flexibility index (Phi) is 15.8. The van der Waals surface area contributed by atoms with Crippen LogP contribution in [0.3, 0.4) is 0 Å². The molecule has 0 unspecified atom stereocenters. The van der Waals surface area contributed by atoms with Gasteiger partial charge in [-0.2, -0.15) is 0 Å². The van der Waals surface area contributed by atoms with Crippen molar-refractivity contribution in [2.45, 2.75) is 38.5 Å². The number of hydrogen-bond donors (Lipinski definition) is 0. The van der Waals surface area contributed by atoms with Crippen LogP contribution < -0.4 is 4.74 Å².